The summed E-state index contributed by atoms with van der Waals surface area (Å²) < 4.78 is 6.41. The second-order valence-electron chi connectivity index (χ2n) is 8.97. The van der Waals surface area contributed by atoms with Crippen LogP contribution in [0.4, 0.5) is 5.82 Å². The summed E-state index contributed by atoms with van der Waals surface area (Å²) in [5, 5.41) is 17.4. The van der Waals surface area contributed by atoms with Crippen molar-refractivity contribution in [2.24, 2.45) is 5.73 Å². The molecule has 2 heterocycles. The molecule has 2 atom stereocenters. The van der Waals surface area contributed by atoms with E-state index in [1.807, 2.05) is 6.07 Å². The Morgan fingerprint density at radius 1 is 1.16 bits per heavy atom. The highest BCUT2D eigenvalue weighted by atomic mass is 16.5. The minimum absolute atomic E-state index is 0.0197. The van der Waals surface area contributed by atoms with Gasteiger partial charge in [0.05, 0.1) is 23.4 Å². The lowest BCUT2D eigenvalue weighted by molar-refractivity contribution is -0.0239. The summed E-state index contributed by atoms with van der Waals surface area (Å²) in [4.78, 5) is 7.21. The summed E-state index contributed by atoms with van der Waals surface area (Å²) in [5.74, 6) is 0.806. The van der Waals surface area contributed by atoms with E-state index >= 15 is 0 Å². The van der Waals surface area contributed by atoms with Gasteiger partial charge in [-0.3, -0.25) is 0 Å². The van der Waals surface area contributed by atoms with Gasteiger partial charge in [0.2, 0.25) is 0 Å². The van der Waals surface area contributed by atoms with Crippen LogP contribution in [0.5, 0.6) is 0 Å². The number of rotatable bonds is 6. The van der Waals surface area contributed by atoms with Gasteiger partial charge in [0.15, 0.2) is 0 Å². The number of piperidine rings is 1. The molecule has 1 saturated carbocycles. The molecule has 2 aliphatic rings. The molecule has 1 aromatic heterocycles. The lowest BCUT2D eigenvalue weighted by Crippen LogP contribution is -2.53. The number of hydrogen-bond acceptors (Lipinski definition) is 6. The highest BCUT2D eigenvalue weighted by Crippen LogP contribution is 2.30. The first-order valence-corrected chi connectivity index (χ1v) is 11.3. The highest BCUT2D eigenvalue weighted by Gasteiger charge is 2.32. The Balaban J connectivity index is 1.68. The molecule has 2 fully saturated rings. The number of benzene rings is 1. The van der Waals surface area contributed by atoms with Crippen molar-refractivity contribution in [1.82, 2.24) is 4.98 Å². The first-order valence-electron chi connectivity index (χ1n) is 11.3. The molecule has 1 aliphatic carbocycles. The van der Waals surface area contributed by atoms with Crippen molar-refractivity contribution in [1.29, 1.82) is 10.8 Å². The van der Waals surface area contributed by atoms with Crippen LogP contribution < -0.4 is 10.6 Å². The molecule has 4 N–H and O–H groups in total. The maximum Gasteiger partial charge on any atom is 0.138 e. The van der Waals surface area contributed by atoms with Crippen LogP contribution in [0, 0.1) is 17.7 Å². The third-order valence-corrected chi connectivity index (χ3v) is 6.32. The molecule has 2 unspecified atom stereocenters. The number of ether oxygens (including phenoxy) is 1. The number of pyridine rings is 1. The Kier molecular flexibility index (Phi) is 6.49. The van der Waals surface area contributed by atoms with Crippen LogP contribution in [-0.2, 0) is 4.74 Å². The molecule has 0 radical (unpaired) electrons. The molecule has 4 rings (SSSR count). The number of nitrogens with two attached hydrogens (primary N) is 1. The smallest absolute Gasteiger partial charge is 0.138 e. The largest absolute Gasteiger partial charge is 0.372 e. The van der Waals surface area contributed by atoms with Crippen molar-refractivity contribution in [2.45, 2.75) is 64.2 Å². The van der Waals surface area contributed by atoms with Gasteiger partial charge in [0, 0.05) is 35.8 Å². The van der Waals surface area contributed by atoms with E-state index < -0.39 is 0 Å². The van der Waals surface area contributed by atoms with E-state index in [1.165, 1.54) is 18.4 Å². The van der Waals surface area contributed by atoms with Crippen molar-refractivity contribution < 1.29 is 4.74 Å². The van der Waals surface area contributed by atoms with E-state index in [1.54, 1.807) is 19.1 Å². The van der Waals surface area contributed by atoms with E-state index in [4.69, 9.17) is 26.3 Å². The second-order valence-corrected chi connectivity index (χ2v) is 8.97. The van der Waals surface area contributed by atoms with Crippen LogP contribution in [0.2, 0.25) is 0 Å². The van der Waals surface area contributed by atoms with Crippen LogP contribution in [0.1, 0.15) is 50.2 Å². The molecule has 1 saturated heterocycles. The van der Waals surface area contributed by atoms with Crippen molar-refractivity contribution in [2.75, 3.05) is 18.0 Å². The SMILES string of the molecule is CC(=N)/C=C\C(=N)c1cc2cc(C)ccc2nc1N1CCC(N)C(OC2CCCC2)C1. The number of aromatic nitrogens is 1. The average Bonchev–Trinajstić information content (AvgIpc) is 3.25. The van der Waals surface area contributed by atoms with Gasteiger partial charge in [-0.05, 0) is 63.5 Å². The maximum absolute atomic E-state index is 8.68. The summed E-state index contributed by atoms with van der Waals surface area (Å²) in [6.07, 6.45) is 9.21. The van der Waals surface area contributed by atoms with Crippen molar-refractivity contribution in [3.63, 3.8) is 0 Å². The Bertz CT molecular complexity index is 1010. The predicted molar refractivity (Wildman–Crippen MR) is 128 cm³/mol. The van der Waals surface area contributed by atoms with Gasteiger partial charge in [-0.15, -0.1) is 0 Å². The zero-order valence-corrected chi connectivity index (χ0v) is 18.5. The van der Waals surface area contributed by atoms with Crippen LogP contribution in [0.3, 0.4) is 0 Å². The van der Waals surface area contributed by atoms with Crippen LogP contribution >= 0.6 is 0 Å². The molecular weight excluding hydrogens is 386 g/mol. The average molecular weight is 420 g/mol. The summed E-state index contributed by atoms with van der Waals surface area (Å²) in [7, 11) is 0. The van der Waals surface area contributed by atoms with E-state index in [2.05, 4.69) is 30.0 Å². The fraction of sp³-hybridized carbons (Fsp3) is 0.480. The molecule has 6 heteroatoms. The third-order valence-electron chi connectivity index (χ3n) is 6.32. The Labute approximate surface area is 184 Å². The zero-order valence-electron chi connectivity index (χ0n) is 18.5. The normalized spacial score (nSPS) is 22.5. The van der Waals surface area contributed by atoms with Crippen LogP contribution in [-0.4, -0.2) is 47.7 Å². The molecule has 0 amide bonds. The molecule has 1 aromatic carbocycles. The predicted octanol–water partition coefficient (Wildman–Crippen LogP) is 4.37. The Morgan fingerprint density at radius 2 is 1.94 bits per heavy atom. The lowest BCUT2D eigenvalue weighted by atomic mass is 10.00. The van der Waals surface area contributed by atoms with Gasteiger partial charge < -0.3 is 26.2 Å². The minimum Gasteiger partial charge on any atom is -0.372 e. The summed E-state index contributed by atoms with van der Waals surface area (Å²) >= 11 is 0. The number of allylic oxidation sites excluding steroid dienone is 2. The molecule has 1 aliphatic heterocycles. The topological polar surface area (TPSA) is 99.1 Å². The van der Waals surface area contributed by atoms with E-state index in [0.29, 0.717) is 24.1 Å². The number of hydrogen-bond donors (Lipinski definition) is 3. The second kappa shape index (κ2) is 9.28. The number of anilines is 1. The monoisotopic (exact) mass is 419 g/mol. The van der Waals surface area contributed by atoms with Gasteiger partial charge >= 0.3 is 0 Å². The van der Waals surface area contributed by atoms with E-state index in [9.17, 15) is 0 Å². The summed E-state index contributed by atoms with van der Waals surface area (Å²) in [6.45, 7) is 5.26. The molecule has 0 spiro atoms. The number of nitrogens with zero attached hydrogens (tertiary/aromatic N) is 2. The molecule has 0 bridgehead atoms. The van der Waals surface area contributed by atoms with Gasteiger partial charge in [-0.1, -0.05) is 24.5 Å². The quantitative estimate of drug-likeness (QED) is 0.605. The standard InChI is InChI=1S/C25H33N5O/c1-16-7-10-23-18(13-16)14-20(21(27)9-8-17(2)26)25(29-23)30-12-11-22(28)24(15-30)31-19-5-3-4-6-19/h7-10,13-14,19,22,24,26-27H,3-6,11-12,15,28H2,1-2H3/b9-8-,26-17?,27-21?. The Hall–Kier alpha value is -2.57. The molecule has 6 nitrogen and oxygen atoms in total. The minimum atomic E-state index is -0.0197. The number of nitrogens with one attached hydrogen (secondary N) is 2. The summed E-state index contributed by atoms with van der Waals surface area (Å²) in [6, 6.07) is 8.30. The number of aryl methyl sites for hydroxylation is 1. The van der Waals surface area contributed by atoms with Crippen molar-refractivity contribution in [3.8, 4) is 0 Å². The fourth-order valence-electron chi connectivity index (χ4n) is 4.57. The van der Waals surface area contributed by atoms with Gasteiger partial charge in [-0.25, -0.2) is 4.98 Å². The van der Waals surface area contributed by atoms with Crippen LogP contribution in [0.25, 0.3) is 10.9 Å². The zero-order chi connectivity index (χ0) is 22.0. The first-order chi connectivity index (χ1) is 14.9. The van der Waals surface area contributed by atoms with E-state index in [0.717, 1.165) is 48.1 Å². The third kappa shape index (κ3) is 5.02. The molecule has 31 heavy (non-hydrogen) atoms. The van der Waals surface area contributed by atoms with Crippen molar-refractivity contribution in [3.05, 3.63) is 47.5 Å². The fourth-order valence-corrected chi connectivity index (χ4v) is 4.57. The Morgan fingerprint density at radius 3 is 2.68 bits per heavy atom. The highest BCUT2D eigenvalue weighted by molar-refractivity contribution is 6.13. The molecule has 2 aromatic rings. The van der Waals surface area contributed by atoms with E-state index in [-0.39, 0.29) is 12.1 Å². The lowest BCUT2D eigenvalue weighted by Gasteiger charge is -2.39. The summed E-state index contributed by atoms with van der Waals surface area (Å²) in [5.41, 5.74) is 10.1. The number of fused-ring (bicyclic) bond motifs is 1. The maximum atomic E-state index is 8.68. The van der Waals surface area contributed by atoms with Gasteiger partial charge in [0.1, 0.15) is 5.82 Å². The van der Waals surface area contributed by atoms with Gasteiger partial charge in [-0.2, -0.15) is 0 Å². The van der Waals surface area contributed by atoms with Gasteiger partial charge in [0.25, 0.3) is 0 Å². The van der Waals surface area contributed by atoms with Crippen LogP contribution in [0.15, 0.2) is 36.4 Å². The molecule has 164 valence electrons. The first kappa shape index (κ1) is 21.7. The van der Waals surface area contributed by atoms with Crippen molar-refractivity contribution >= 4 is 28.1 Å². The molecular formula is C25H33N5O.